The average Bonchev–Trinajstić information content (AvgIpc) is 2.28. The summed E-state index contributed by atoms with van der Waals surface area (Å²) in [6, 6.07) is 10.1. The molecule has 0 aliphatic carbocycles. The van der Waals surface area contributed by atoms with E-state index in [9.17, 15) is 0 Å². The Bertz CT molecular complexity index is 554. The van der Waals surface area contributed by atoms with E-state index in [0.717, 1.165) is 0 Å². The van der Waals surface area contributed by atoms with Crippen molar-refractivity contribution in [2.75, 3.05) is 0 Å². The zero-order valence-electron chi connectivity index (χ0n) is 8.38. The molecule has 0 amide bonds. The first-order valence-corrected chi connectivity index (χ1v) is 6.16. The molecule has 2 aromatic carbocycles. The van der Waals surface area contributed by atoms with Crippen LogP contribution >= 0.6 is 46.4 Å². The Balaban J connectivity index is 2.35. The van der Waals surface area contributed by atoms with Crippen LogP contribution < -0.4 is 4.74 Å². The lowest BCUT2D eigenvalue weighted by atomic mass is 10.3. The van der Waals surface area contributed by atoms with Crippen LogP contribution in [0.3, 0.4) is 0 Å². The molecule has 0 radical (unpaired) electrons. The van der Waals surface area contributed by atoms with Crippen molar-refractivity contribution in [3.05, 3.63) is 56.5 Å². The summed E-state index contributed by atoms with van der Waals surface area (Å²) < 4.78 is 5.57. The van der Waals surface area contributed by atoms with E-state index in [1.807, 2.05) is 0 Å². The Labute approximate surface area is 119 Å². The van der Waals surface area contributed by atoms with Gasteiger partial charge < -0.3 is 4.74 Å². The van der Waals surface area contributed by atoms with Gasteiger partial charge in [0.25, 0.3) is 0 Å². The van der Waals surface area contributed by atoms with Crippen LogP contribution in [0.4, 0.5) is 0 Å². The molecule has 0 saturated carbocycles. The molecule has 0 aromatic heterocycles. The maximum atomic E-state index is 6.00. The van der Waals surface area contributed by atoms with Gasteiger partial charge in [0.1, 0.15) is 16.5 Å². The summed E-state index contributed by atoms with van der Waals surface area (Å²) in [5, 5.41) is 1.72. The van der Waals surface area contributed by atoms with Gasteiger partial charge in [0.15, 0.2) is 0 Å². The van der Waals surface area contributed by atoms with Crippen LogP contribution in [-0.4, -0.2) is 0 Å². The molecule has 0 aliphatic heterocycles. The van der Waals surface area contributed by atoms with Crippen molar-refractivity contribution in [1.82, 2.24) is 0 Å². The van der Waals surface area contributed by atoms with Gasteiger partial charge in [-0.1, -0.05) is 52.5 Å². The molecule has 0 saturated heterocycles. The molecule has 0 N–H and O–H groups in total. The Morgan fingerprint density at radius 3 is 2.24 bits per heavy atom. The summed E-state index contributed by atoms with van der Waals surface area (Å²) in [7, 11) is 0. The van der Waals surface area contributed by atoms with Crippen LogP contribution in [0.5, 0.6) is 11.5 Å². The van der Waals surface area contributed by atoms with E-state index in [-0.39, 0.29) is 0 Å². The predicted octanol–water partition coefficient (Wildman–Crippen LogP) is 6.09. The zero-order valence-corrected chi connectivity index (χ0v) is 11.4. The number of benzene rings is 2. The minimum Gasteiger partial charge on any atom is -0.454 e. The second-order valence-electron chi connectivity index (χ2n) is 3.23. The number of halogens is 4. The number of rotatable bonds is 2. The summed E-state index contributed by atoms with van der Waals surface area (Å²) >= 11 is 23.7. The smallest absolute Gasteiger partial charge is 0.147 e. The first-order valence-electron chi connectivity index (χ1n) is 4.65. The molecule has 0 bridgehead atoms. The van der Waals surface area contributed by atoms with Crippen molar-refractivity contribution in [3.63, 3.8) is 0 Å². The first kappa shape index (κ1) is 12.8. The molecule has 1 nitrogen and oxygen atoms in total. The Hall–Kier alpha value is -0.600. The Kier molecular flexibility index (Phi) is 4.05. The van der Waals surface area contributed by atoms with Crippen LogP contribution in [0, 0.1) is 0 Å². The van der Waals surface area contributed by atoms with Crippen molar-refractivity contribution in [2.45, 2.75) is 0 Å². The van der Waals surface area contributed by atoms with E-state index >= 15 is 0 Å². The third kappa shape index (κ3) is 2.99. The topological polar surface area (TPSA) is 9.23 Å². The van der Waals surface area contributed by atoms with E-state index in [0.29, 0.717) is 31.6 Å². The standard InChI is InChI=1S/C12H6Cl4O/c13-7-4-5-10(9(15)6-7)17-11-3-1-2-8(14)12(11)16/h1-6H. The highest BCUT2D eigenvalue weighted by Gasteiger charge is 2.09. The maximum absolute atomic E-state index is 6.00. The van der Waals surface area contributed by atoms with Gasteiger partial charge in [0, 0.05) is 5.02 Å². The van der Waals surface area contributed by atoms with Crippen LogP contribution in [-0.2, 0) is 0 Å². The molecule has 0 unspecified atom stereocenters. The van der Waals surface area contributed by atoms with E-state index < -0.39 is 0 Å². The largest absolute Gasteiger partial charge is 0.454 e. The minimum atomic E-state index is 0.347. The molecule has 2 aromatic rings. The average molecular weight is 308 g/mol. The van der Waals surface area contributed by atoms with Gasteiger partial charge in [-0.2, -0.15) is 0 Å². The highest BCUT2D eigenvalue weighted by molar-refractivity contribution is 6.43. The Morgan fingerprint density at radius 2 is 1.53 bits per heavy atom. The molecule has 0 heterocycles. The normalized spacial score (nSPS) is 10.4. The maximum Gasteiger partial charge on any atom is 0.147 e. The van der Waals surface area contributed by atoms with Gasteiger partial charge in [-0.05, 0) is 30.3 Å². The highest BCUT2D eigenvalue weighted by Crippen LogP contribution is 2.37. The second-order valence-corrected chi connectivity index (χ2v) is 4.86. The molecule has 0 aliphatic rings. The number of hydrogen-bond acceptors (Lipinski definition) is 1. The highest BCUT2D eigenvalue weighted by atomic mass is 35.5. The second kappa shape index (κ2) is 5.36. The molecule has 88 valence electrons. The third-order valence-corrected chi connectivity index (χ3v) is 3.36. The summed E-state index contributed by atoms with van der Waals surface area (Å²) in [5.74, 6) is 0.920. The zero-order chi connectivity index (χ0) is 12.4. The lowest BCUT2D eigenvalue weighted by Gasteiger charge is -2.09. The van der Waals surface area contributed by atoms with Crippen LogP contribution in [0.25, 0.3) is 0 Å². The molecule has 0 fully saturated rings. The van der Waals surface area contributed by atoms with Crippen LogP contribution in [0.15, 0.2) is 36.4 Å². The van der Waals surface area contributed by atoms with Crippen molar-refractivity contribution < 1.29 is 4.74 Å². The third-order valence-electron chi connectivity index (χ3n) is 2.03. The monoisotopic (exact) mass is 306 g/mol. The van der Waals surface area contributed by atoms with Crippen LogP contribution in [0.1, 0.15) is 0 Å². The Morgan fingerprint density at radius 1 is 0.765 bits per heavy atom. The lowest BCUT2D eigenvalue weighted by molar-refractivity contribution is 0.483. The predicted molar refractivity (Wildman–Crippen MR) is 73.0 cm³/mol. The summed E-state index contributed by atoms with van der Waals surface area (Å²) in [6.07, 6.45) is 0. The number of hydrogen-bond donors (Lipinski definition) is 0. The molecule has 17 heavy (non-hydrogen) atoms. The van der Waals surface area contributed by atoms with Gasteiger partial charge in [-0.15, -0.1) is 0 Å². The van der Waals surface area contributed by atoms with Crippen molar-refractivity contribution in [3.8, 4) is 11.5 Å². The van der Waals surface area contributed by atoms with E-state index in [1.165, 1.54) is 0 Å². The van der Waals surface area contributed by atoms with Gasteiger partial charge in [-0.3, -0.25) is 0 Å². The molecule has 0 spiro atoms. The van der Waals surface area contributed by atoms with Gasteiger partial charge in [-0.25, -0.2) is 0 Å². The fourth-order valence-corrected chi connectivity index (χ4v) is 2.02. The van der Waals surface area contributed by atoms with E-state index in [1.54, 1.807) is 36.4 Å². The van der Waals surface area contributed by atoms with Crippen LogP contribution in [0.2, 0.25) is 20.1 Å². The SMILES string of the molecule is Clc1ccc(Oc2cccc(Cl)c2Cl)c(Cl)c1. The van der Waals surface area contributed by atoms with Crippen molar-refractivity contribution in [1.29, 1.82) is 0 Å². The van der Waals surface area contributed by atoms with Gasteiger partial charge in [0.05, 0.1) is 10.0 Å². The molecule has 5 heteroatoms. The van der Waals surface area contributed by atoms with Crippen molar-refractivity contribution in [2.24, 2.45) is 0 Å². The molecular weight excluding hydrogens is 302 g/mol. The van der Waals surface area contributed by atoms with Gasteiger partial charge >= 0.3 is 0 Å². The number of ether oxygens (including phenoxy) is 1. The van der Waals surface area contributed by atoms with E-state index in [4.69, 9.17) is 51.1 Å². The summed E-state index contributed by atoms with van der Waals surface area (Å²) in [4.78, 5) is 0. The van der Waals surface area contributed by atoms with Gasteiger partial charge in [0.2, 0.25) is 0 Å². The lowest BCUT2D eigenvalue weighted by Crippen LogP contribution is -1.86. The summed E-state index contributed by atoms with van der Waals surface area (Å²) in [6.45, 7) is 0. The molecule has 0 atom stereocenters. The molecule has 2 rings (SSSR count). The summed E-state index contributed by atoms with van der Waals surface area (Å²) in [5.41, 5.74) is 0. The fraction of sp³-hybridized carbons (Fsp3) is 0. The van der Waals surface area contributed by atoms with Crippen molar-refractivity contribution >= 4 is 46.4 Å². The minimum absolute atomic E-state index is 0.347. The quantitative estimate of drug-likeness (QED) is 0.652. The first-order chi connectivity index (χ1) is 8.08. The van der Waals surface area contributed by atoms with E-state index in [2.05, 4.69) is 0 Å². The fourth-order valence-electron chi connectivity index (χ4n) is 1.24. The molecular formula is C12H6Cl4O.